The summed E-state index contributed by atoms with van der Waals surface area (Å²) in [5, 5.41) is 4.15. The van der Waals surface area contributed by atoms with Gasteiger partial charge < -0.3 is 0 Å². The van der Waals surface area contributed by atoms with Crippen molar-refractivity contribution in [3.63, 3.8) is 0 Å². The van der Waals surface area contributed by atoms with Crippen LogP contribution in [0.3, 0.4) is 0 Å². The third kappa shape index (κ3) is 2.33. The van der Waals surface area contributed by atoms with Crippen LogP contribution in [-0.2, 0) is 0 Å². The van der Waals surface area contributed by atoms with Crippen LogP contribution >= 0.6 is 0 Å². The molecule has 0 amide bonds. The van der Waals surface area contributed by atoms with Crippen LogP contribution in [0, 0.1) is 11.6 Å². The molecule has 3 rings (SSSR count). The molecule has 21 heavy (non-hydrogen) atoms. The number of carbonyl (C=O) groups excluding carboxylic acids is 1. The lowest BCUT2D eigenvalue weighted by molar-refractivity contribution is 0.112. The van der Waals surface area contributed by atoms with Gasteiger partial charge in [-0.2, -0.15) is 5.10 Å². The average molecular weight is 284 g/mol. The molecule has 0 spiro atoms. The number of halogens is 2. The van der Waals surface area contributed by atoms with Gasteiger partial charge in [0.2, 0.25) is 0 Å². The van der Waals surface area contributed by atoms with E-state index < -0.39 is 11.6 Å². The highest BCUT2D eigenvalue weighted by atomic mass is 19.1. The summed E-state index contributed by atoms with van der Waals surface area (Å²) in [4.78, 5) is 11.2. The predicted molar refractivity (Wildman–Crippen MR) is 74.3 cm³/mol. The minimum Gasteiger partial charge on any atom is -0.298 e. The number of hydrogen-bond donors (Lipinski definition) is 0. The second kappa shape index (κ2) is 5.28. The van der Waals surface area contributed by atoms with Crippen LogP contribution in [0.15, 0.2) is 54.7 Å². The average Bonchev–Trinajstić information content (AvgIpc) is 2.92. The molecule has 0 unspecified atom stereocenters. The lowest BCUT2D eigenvalue weighted by Gasteiger charge is -2.02. The van der Waals surface area contributed by atoms with Crippen LogP contribution in [0.25, 0.3) is 16.9 Å². The maximum absolute atomic E-state index is 13.8. The van der Waals surface area contributed by atoms with Gasteiger partial charge in [0.15, 0.2) is 6.29 Å². The molecule has 0 aliphatic heterocycles. The van der Waals surface area contributed by atoms with E-state index in [-0.39, 0.29) is 22.5 Å². The van der Waals surface area contributed by atoms with Crippen molar-refractivity contribution in [3.05, 3.63) is 71.9 Å². The zero-order valence-electron chi connectivity index (χ0n) is 10.8. The van der Waals surface area contributed by atoms with E-state index in [1.165, 1.54) is 35.1 Å². The van der Waals surface area contributed by atoms with Crippen molar-refractivity contribution in [3.8, 4) is 16.9 Å². The molecule has 0 saturated carbocycles. The number of carbonyl (C=O) groups is 1. The summed E-state index contributed by atoms with van der Waals surface area (Å²) in [6, 6.07) is 12.0. The smallest absolute Gasteiger partial charge is 0.153 e. The Bertz CT molecular complexity index is 812. The van der Waals surface area contributed by atoms with E-state index in [9.17, 15) is 13.6 Å². The van der Waals surface area contributed by atoms with Crippen molar-refractivity contribution >= 4 is 6.29 Å². The summed E-state index contributed by atoms with van der Waals surface area (Å²) in [7, 11) is 0. The first-order valence-corrected chi connectivity index (χ1v) is 6.25. The summed E-state index contributed by atoms with van der Waals surface area (Å²) in [6.07, 6.45) is 1.96. The third-order valence-corrected chi connectivity index (χ3v) is 3.10. The molecule has 1 heterocycles. The minimum absolute atomic E-state index is 0.186. The van der Waals surface area contributed by atoms with Crippen LogP contribution < -0.4 is 0 Å². The molecule has 0 bridgehead atoms. The molecule has 0 fully saturated rings. The van der Waals surface area contributed by atoms with Crippen LogP contribution in [0.1, 0.15) is 10.4 Å². The van der Waals surface area contributed by atoms with Crippen molar-refractivity contribution in [2.45, 2.75) is 0 Å². The zero-order chi connectivity index (χ0) is 14.8. The Kier molecular flexibility index (Phi) is 3.31. The van der Waals surface area contributed by atoms with Crippen molar-refractivity contribution < 1.29 is 13.6 Å². The standard InChI is InChI=1S/C16H10F2N2O/c17-13-6-2-1-5-12(13)16-11(10-21)9-20(19-16)15-8-4-3-7-14(15)18/h1-10H. The molecule has 0 saturated heterocycles. The summed E-state index contributed by atoms with van der Waals surface area (Å²) in [5.41, 5.74) is 0.785. The van der Waals surface area contributed by atoms with Crippen LogP contribution in [0.5, 0.6) is 0 Å². The Balaban J connectivity index is 2.18. The highest BCUT2D eigenvalue weighted by molar-refractivity contribution is 5.85. The molecule has 104 valence electrons. The highest BCUT2D eigenvalue weighted by Crippen LogP contribution is 2.25. The molecule has 0 N–H and O–H groups in total. The predicted octanol–water partition coefficient (Wildman–Crippen LogP) is 3.63. The fraction of sp³-hybridized carbons (Fsp3) is 0. The van der Waals surface area contributed by atoms with E-state index in [4.69, 9.17) is 0 Å². The number of aromatic nitrogens is 2. The number of hydrogen-bond acceptors (Lipinski definition) is 2. The van der Waals surface area contributed by atoms with Crippen molar-refractivity contribution in [1.29, 1.82) is 0 Å². The van der Waals surface area contributed by atoms with Gasteiger partial charge in [0.1, 0.15) is 23.0 Å². The van der Waals surface area contributed by atoms with Gasteiger partial charge in [0.05, 0.1) is 5.56 Å². The van der Waals surface area contributed by atoms with Gasteiger partial charge in [-0.05, 0) is 24.3 Å². The summed E-state index contributed by atoms with van der Waals surface area (Å²) in [6.45, 7) is 0. The minimum atomic E-state index is -0.487. The Labute approximate surface area is 119 Å². The second-order valence-electron chi connectivity index (χ2n) is 4.43. The van der Waals surface area contributed by atoms with E-state index in [2.05, 4.69) is 5.10 Å². The molecule has 2 aromatic carbocycles. The van der Waals surface area contributed by atoms with E-state index in [1.807, 2.05) is 0 Å². The SMILES string of the molecule is O=Cc1cn(-c2ccccc2F)nc1-c1ccccc1F. The third-order valence-electron chi connectivity index (χ3n) is 3.10. The van der Waals surface area contributed by atoms with E-state index in [1.54, 1.807) is 24.3 Å². The van der Waals surface area contributed by atoms with Crippen molar-refractivity contribution in [2.24, 2.45) is 0 Å². The van der Waals surface area contributed by atoms with Gasteiger partial charge in [-0.15, -0.1) is 0 Å². The van der Waals surface area contributed by atoms with E-state index in [0.717, 1.165) is 0 Å². The molecule has 0 aliphatic carbocycles. The van der Waals surface area contributed by atoms with Gasteiger partial charge in [-0.3, -0.25) is 4.79 Å². The van der Waals surface area contributed by atoms with Gasteiger partial charge >= 0.3 is 0 Å². The zero-order valence-corrected chi connectivity index (χ0v) is 10.8. The lowest BCUT2D eigenvalue weighted by Crippen LogP contribution is -1.98. The number of rotatable bonds is 3. The Morgan fingerprint density at radius 2 is 1.62 bits per heavy atom. The van der Waals surface area contributed by atoms with E-state index in [0.29, 0.717) is 6.29 Å². The molecule has 0 atom stereocenters. The number of para-hydroxylation sites is 1. The molecular weight excluding hydrogens is 274 g/mol. The van der Waals surface area contributed by atoms with Crippen LogP contribution in [0.4, 0.5) is 8.78 Å². The fourth-order valence-electron chi connectivity index (χ4n) is 2.10. The molecule has 3 nitrogen and oxygen atoms in total. The Morgan fingerprint density at radius 1 is 0.952 bits per heavy atom. The first-order chi connectivity index (χ1) is 10.2. The summed E-state index contributed by atoms with van der Waals surface area (Å²) in [5.74, 6) is -0.961. The maximum atomic E-state index is 13.8. The topological polar surface area (TPSA) is 34.9 Å². The molecule has 1 aromatic heterocycles. The molecule has 3 aromatic rings. The van der Waals surface area contributed by atoms with Gasteiger partial charge in [-0.1, -0.05) is 24.3 Å². The first-order valence-electron chi connectivity index (χ1n) is 6.25. The largest absolute Gasteiger partial charge is 0.298 e. The first kappa shape index (κ1) is 13.2. The quantitative estimate of drug-likeness (QED) is 0.688. The normalized spacial score (nSPS) is 10.6. The summed E-state index contributed by atoms with van der Waals surface area (Å²) < 4.78 is 28.9. The molecule has 0 radical (unpaired) electrons. The van der Waals surface area contributed by atoms with Crippen molar-refractivity contribution in [1.82, 2.24) is 9.78 Å². The molecule has 0 aliphatic rings. The molecular formula is C16H10F2N2O. The fourth-order valence-corrected chi connectivity index (χ4v) is 2.10. The van der Waals surface area contributed by atoms with Gasteiger partial charge in [0.25, 0.3) is 0 Å². The Morgan fingerprint density at radius 3 is 2.29 bits per heavy atom. The van der Waals surface area contributed by atoms with E-state index >= 15 is 0 Å². The number of nitrogens with zero attached hydrogens (tertiary/aromatic N) is 2. The number of benzene rings is 2. The number of aldehydes is 1. The maximum Gasteiger partial charge on any atom is 0.153 e. The second-order valence-corrected chi connectivity index (χ2v) is 4.43. The van der Waals surface area contributed by atoms with Crippen LogP contribution in [-0.4, -0.2) is 16.1 Å². The lowest BCUT2D eigenvalue weighted by atomic mass is 10.1. The van der Waals surface area contributed by atoms with Gasteiger partial charge in [-0.25, -0.2) is 13.5 Å². The van der Waals surface area contributed by atoms with Gasteiger partial charge in [0, 0.05) is 11.8 Å². The Hall–Kier alpha value is -2.82. The summed E-state index contributed by atoms with van der Waals surface area (Å²) >= 11 is 0. The van der Waals surface area contributed by atoms with Crippen molar-refractivity contribution in [2.75, 3.05) is 0 Å². The highest BCUT2D eigenvalue weighted by Gasteiger charge is 2.16. The molecule has 5 heteroatoms. The monoisotopic (exact) mass is 284 g/mol. The van der Waals surface area contributed by atoms with Crippen LogP contribution in [0.2, 0.25) is 0 Å².